The second kappa shape index (κ2) is 5.29. The summed E-state index contributed by atoms with van der Waals surface area (Å²) in [6, 6.07) is 4.16. The molecular formula is C11H14N2O4. The number of aryl methyl sites for hydroxylation is 1. The zero-order chi connectivity index (χ0) is 13.0. The van der Waals surface area contributed by atoms with Crippen LogP contribution in [0.15, 0.2) is 18.2 Å². The maximum Gasteiger partial charge on any atom is 0.327 e. The van der Waals surface area contributed by atoms with E-state index in [1.54, 1.807) is 26.0 Å². The van der Waals surface area contributed by atoms with E-state index < -0.39 is 16.9 Å². The van der Waals surface area contributed by atoms with E-state index in [0.717, 1.165) is 0 Å². The van der Waals surface area contributed by atoms with Gasteiger partial charge in [0.1, 0.15) is 6.04 Å². The summed E-state index contributed by atoms with van der Waals surface area (Å²) in [5, 5.41) is 13.6. The van der Waals surface area contributed by atoms with Gasteiger partial charge in [-0.15, -0.1) is 0 Å². The molecule has 6 nitrogen and oxygen atoms in total. The number of hydrogen-bond acceptors (Lipinski definition) is 5. The fraction of sp³-hybridized carbons (Fsp3) is 0.364. The maximum atomic E-state index is 11.2. The third-order valence-electron chi connectivity index (χ3n) is 2.34. The Kier molecular flexibility index (Phi) is 4.03. The van der Waals surface area contributed by atoms with Crippen LogP contribution in [0.4, 0.5) is 11.4 Å². The lowest BCUT2D eigenvalue weighted by molar-refractivity contribution is -0.385. The van der Waals surface area contributed by atoms with E-state index >= 15 is 0 Å². The van der Waals surface area contributed by atoms with Crippen LogP contribution in [0.1, 0.15) is 12.5 Å². The maximum absolute atomic E-state index is 11.2. The molecule has 0 fully saturated rings. The Hall–Kier alpha value is -2.11. The summed E-state index contributed by atoms with van der Waals surface area (Å²) in [5.41, 5.74) is 1.11. The van der Waals surface area contributed by atoms with E-state index in [1.165, 1.54) is 13.2 Å². The van der Waals surface area contributed by atoms with Gasteiger partial charge < -0.3 is 10.1 Å². The lowest BCUT2D eigenvalue weighted by atomic mass is 10.1. The zero-order valence-electron chi connectivity index (χ0n) is 9.89. The number of rotatable bonds is 4. The molecule has 0 saturated carbocycles. The minimum absolute atomic E-state index is 0.0204. The van der Waals surface area contributed by atoms with Crippen molar-refractivity contribution in [1.29, 1.82) is 0 Å². The molecule has 0 aliphatic rings. The van der Waals surface area contributed by atoms with Crippen LogP contribution in [-0.2, 0) is 9.53 Å². The number of nitro groups is 1. The van der Waals surface area contributed by atoms with Gasteiger partial charge in [-0.25, -0.2) is 4.79 Å². The Morgan fingerprint density at radius 2 is 2.18 bits per heavy atom. The average Bonchev–Trinajstić information content (AvgIpc) is 2.30. The highest BCUT2D eigenvalue weighted by Gasteiger charge is 2.15. The number of nitrogens with one attached hydrogen (secondary N) is 1. The first kappa shape index (κ1) is 13.0. The zero-order valence-corrected chi connectivity index (χ0v) is 9.89. The van der Waals surface area contributed by atoms with Crippen molar-refractivity contribution in [2.45, 2.75) is 19.9 Å². The summed E-state index contributed by atoms with van der Waals surface area (Å²) < 4.78 is 4.55. The number of carbonyl (C=O) groups excluding carboxylic acids is 1. The standard InChI is InChI=1S/C11H14N2O4/c1-7-4-5-9(6-10(7)13(15)16)12-8(2)11(14)17-3/h4-6,8,12H,1-3H3. The van der Waals surface area contributed by atoms with Crippen molar-refractivity contribution in [2.24, 2.45) is 0 Å². The van der Waals surface area contributed by atoms with Crippen molar-refractivity contribution in [2.75, 3.05) is 12.4 Å². The third kappa shape index (κ3) is 3.17. The topological polar surface area (TPSA) is 81.5 Å². The summed E-state index contributed by atoms with van der Waals surface area (Å²) in [5.74, 6) is -0.423. The number of esters is 1. The Labute approximate surface area is 98.7 Å². The van der Waals surface area contributed by atoms with Crippen LogP contribution in [-0.4, -0.2) is 24.0 Å². The van der Waals surface area contributed by atoms with Gasteiger partial charge in [-0.3, -0.25) is 10.1 Å². The highest BCUT2D eigenvalue weighted by molar-refractivity contribution is 5.78. The molecule has 0 heterocycles. The van der Waals surface area contributed by atoms with Gasteiger partial charge in [0.15, 0.2) is 0 Å². The molecule has 0 amide bonds. The molecular weight excluding hydrogens is 224 g/mol. The van der Waals surface area contributed by atoms with Gasteiger partial charge >= 0.3 is 5.97 Å². The monoisotopic (exact) mass is 238 g/mol. The van der Waals surface area contributed by atoms with Crippen molar-refractivity contribution in [3.05, 3.63) is 33.9 Å². The molecule has 1 rings (SSSR count). The van der Waals surface area contributed by atoms with Crippen molar-refractivity contribution in [3.8, 4) is 0 Å². The van der Waals surface area contributed by atoms with E-state index in [4.69, 9.17) is 0 Å². The quantitative estimate of drug-likeness (QED) is 0.492. The summed E-state index contributed by atoms with van der Waals surface area (Å²) in [7, 11) is 1.29. The summed E-state index contributed by atoms with van der Waals surface area (Å²) in [6.45, 7) is 3.28. The Balaban J connectivity index is 2.90. The van der Waals surface area contributed by atoms with Gasteiger partial charge in [0.05, 0.1) is 12.0 Å². The second-order valence-corrected chi connectivity index (χ2v) is 3.65. The number of carbonyl (C=O) groups is 1. The number of nitro benzene ring substituents is 1. The first-order chi connectivity index (χ1) is 7.95. The van der Waals surface area contributed by atoms with Crippen molar-refractivity contribution >= 4 is 17.3 Å². The summed E-state index contributed by atoms with van der Waals surface area (Å²) in [4.78, 5) is 21.5. The van der Waals surface area contributed by atoms with Crippen LogP contribution < -0.4 is 5.32 Å². The van der Waals surface area contributed by atoms with Gasteiger partial charge in [-0.1, -0.05) is 6.07 Å². The van der Waals surface area contributed by atoms with E-state index in [2.05, 4.69) is 10.1 Å². The van der Waals surface area contributed by atoms with E-state index in [0.29, 0.717) is 11.3 Å². The molecule has 0 aliphatic carbocycles. The highest BCUT2D eigenvalue weighted by Crippen LogP contribution is 2.22. The van der Waals surface area contributed by atoms with Gasteiger partial charge in [0, 0.05) is 17.3 Å². The third-order valence-corrected chi connectivity index (χ3v) is 2.34. The van der Waals surface area contributed by atoms with Gasteiger partial charge in [-0.05, 0) is 19.9 Å². The Morgan fingerprint density at radius 1 is 1.53 bits per heavy atom. The molecule has 1 aromatic carbocycles. The normalized spacial score (nSPS) is 11.7. The minimum atomic E-state index is -0.553. The van der Waals surface area contributed by atoms with Crippen LogP contribution in [0.2, 0.25) is 0 Å². The van der Waals surface area contributed by atoms with Crippen LogP contribution >= 0.6 is 0 Å². The van der Waals surface area contributed by atoms with Gasteiger partial charge in [0.2, 0.25) is 0 Å². The minimum Gasteiger partial charge on any atom is -0.467 e. The Morgan fingerprint density at radius 3 is 2.71 bits per heavy atom. The smallest absolute Gasteiger partial charge is 0.327 e. The van der Waals surface area contributed by atoms with Crippen LogP contribution in [0, 0.1) is 17.0 Å². The molecule has 0 bridgehead atoms. The molecule has 6 heteroatoms. The molecule has 0 aromatic heterocycles. The number of hydrogen-bond donors (Lipinski definition) is 1. The largest absolute Gasteiger partial charge is 0.467 e. The number of methoxy groups -OCH3 is 1. The average molecular weight is 238 g/mol. The van der Waals surface area contributed by atoms with Crippen molar-refractivity contribution < 1.29 is 14.5 Å². The van der Waals surface area contributed by atoms with E-state index in [9.17, 15) is 14.9 Å². The molecule has 0 saturated heterocycles. The fourth-order valence-corrected chi connectivity index (χ4v) is 1.38. The predicted octanol–water partition coefficient (Wildman–Crippen LogP) is 1.88. The number of benzene rings is 1. The summed E-state index contributed by atoms with van der Waals surface area (Å²) >= 11 is 0. The second-order valence-electron chi connectivity index (χ2n) is 3.65. The van der Waals surface area contributed by atoms with Crippen molar-refractivity contribution in [3.63, 3.8) is 0 Å². The molecule has 1 aromatic rings. The van der Waals surface area contributed by atoms with E-state index in [1.807, 2.05) is 0 Å². The van der Waals surface area contributed by atoms with Gasteiger partial charge in [0.25, 0.3) is 5.69 Å². The number of ether oxygens (including phenoxy) is 1. The molecule has 0 aliphatic heterocycles. The number of anilines is 1. The first-order valence-electron chi connectivity index (χ1n) is 5.05. The molecule has 17 heavy (non-hydrogen) atoms. The number of nitrogens with zero attached hydrogens (tertiary/aromatic N) is 1. The lowest BCUT2D eigenvalue weighted by Gasteiger charge is -2.12. The van der Waals surface area contributed by atoms with Gasteiger partial charge in [-0.2, -0.15) is 0 Å². The molecule has 1 atom stereocenters. The molecule has 0 spiro atoms. The van der Waals surface area contributed by atoms with Crippen LogP contribution in [0.3, 0.4) is 0 Å². The fourth-order valence-electron chi connectivity index (χ4n) is 1.38. The van der Waals surface area contributed by atoms with E-state index in [-0.39, 0.29) is 5.69 Å². The predicted molar refractivity (Wildman–Crippen MR) is 62.9 cm³/mol. The molecule has 1 N–H and O–H groups in total. The molecule has 92 valence electrons. The van der Waals surface area contributed by atoms with Crippen LogP contribution in [0.25, 0.3) is 0 Å². The van der Waals surface area contributed by atoms with Crippen molar-refractivity contribution in [1.82, 2.24) is 0 Å². The SMILES string of the molecule is COC(=O)C(C)Nc1ccc(C)c([N+](=O)[O-])c1. The molecule has 0 radical (unpaired) electrons. The first-order valence-corrected chi connectivity index (χ1v) is 5.05. The highest BCUT2D eigenvalue weighted by atomic mass is 16.6. The van der Waals surface area contributed by atoms with Crippen LogP contribution in [0.5, 0.6) is 0 Å². The molecule has 1 unspecified atom stereocenters. The lowest BCUT2D eigenvalue weighted by Crippen LogP contribution is -2.27. The summed E-state index contributed by atoms with van der Waals surface area (Å²) in [6.07, 6.45) is 0. The Bertz CT molecular complexity index is 445.